The Bertz CT molecular complexity index is 706. The van der Waals surface area contributed by atoms with E-state index in [2.05, 4.69) is 91.8 Å². The van der Waals surface area contributed by atoms with Crippen LogP contribution in [0.1, 0.15) is 108 Å². The third kappa shape index (κ3) is 9.94. The molecule has 0 aliphatic rings. The van der Waals surface area contributed by atoms with Crippen LogP contribution in [0.3, 0.4) is 0 Å². The largest absolute Gasteiger partial charge is 3.00 e. The van der Waals surface area contributed by atoms with Crippen molar-refractivity contribution in [2.75, 3.05) is 6.61 Å². The molecule has 3 nitrogen and oxygen atoms in total. The van der Waals surface area contributed by atoms with E-state index in [1.165, 1.54) is 22.3 Å². The fraction of sp³-hybridized carbons (Fsp3) is 0.483. The molecule has 1 N–H and O–H groups in total. The zero-order valence-corrected chi connectivity index (χ0v) is 23.3. The first-order valence-corrected chi connectivity index (χ1v) is 11.6. The van der Waals surface area contributed by atoms with Gasteiger partial charge in [0.1, 0.15) is 0 Å². The van der Waals surface area contributed by atoms with E-state index in [-0.39, 0.29) is 30.5 Å². The number of aliphatic hydroxyl groups excluding tert-OH is 1. The fourth-order valence-corrected chi connectivity index (χ4v) is 3.54. The van der Waals surface area contributed by atoms with E-state index in [9.17, 15) is 0 Å². The van der Waals surface area contributed by atoms with Crippen LogP contribution in [0.25, 0.3) is 10.6 Å². The molecule has 187 valence electrons. The number of aliphatic hydroxyl groups is 1. The van der Waals surface area contributed by atoms with Gasteiger partial charge in [-0.15, -0.1) is 11.4 Å². The molecule has 33 heavy (non-hydrogen) atoms. The van der Waals surface area contributed by atoms with E-state index >= 15 is 0 Å². The maximum absolute atomic E-state index is 7.57. The second-order valence-electron chi connectivity index (χ2n) is 9.06. The first-order chi connectivity index (χ1) is 14.6. The third-order valence-corrected chi connectivity index (χ3v) is 5.16. The molecule has 0 bridgehead atoms. The summed E-state index contributed by atoms with van der Waals surface area (Å²) in [6.07, 6.45) is 3.71. The van der Waals surface area contributed by atoms with Crippen molar-refractivity contribution in [2.24, 2.45) is 0 Å². The molecule has 0 unspecified atom stereocenters. The first kappa shape index (κ1) is 33.4. The Kier molecular flexibility index (Phi) is 17.0. The van der Waals surface area contributed by atoms with E-state index in [1.54, 1.807) is 6.92 Å². The van der Waals surface area contributed by atoms with Gasteiger partial charge in [0.05, 0.1) is 0 Å². The van der Waals surface area contributed by atoms with Crippen LogP contribution >= 0.6 is 0 Å². The van der Waals surface area contributed by atoms with E-state index in [1.807, 2.05) is 12.4 Å². The summed E-state index contributed by atoms with van der Waals surface area (Å²) in [7, 11) is 0. The van der Waals surface area contributed by atoms with E-state index in [0.29, 0.717) is 23.7 Å². The standard InChI is InChI=1S/C26H36N2.C2H6O.CH3.Ni/c1-17(2)21-11-9-12-22(18(3)4)25(21)27-15-16-28-26-23(19(5)6)13-10-14-24(26)20(7)8;1-2-3;;/h9-20H,1-8H3;3H,2H2,1H3;1H3;/q-2;;-1;+3/b16-15-;;;. The minimum atomic E-state index is 0. The number of nitrogens with zero attached hydrogens (tertiary/aromatic N) is 2. The van der Waals surface area contributed by atoms with E-state index in [0.717, 1.165) is 11.4 Å². The SMILES string of the molecule is CC(C)c1cccc(C(C)C)c1[N-]/C=C\[N-]c1c(C(C)C)cccc1C(C)C.CCO.[CH3-].[Ni+3]. The van der Waals surface area contributed by atoms with Gasteiger partial charge in [0.15, 0.2) is 0 Å². The molecule has 0 saturated heterocycles. The summed E-state index contributed by atoms with van der Waals surface area (Å²) < 4.78 is 0. The number of hydrogen-bond acceptors (Lipinski definition) is 1. The molecule has 2 aromatic rings. The number of rotatable bonds is 8. The number of benzene rings is 2. The van der Waals surface area contributed by atoms with Gasteiger partial charge in [-0.2, -0.15) is 12.4 Å². The summed E-state index contributed by atoms with van der Waals surface area (Å²) in [4.78, 5) is 0. The van der Waals surface area contributed by atoms with Crippen LogP contribution in [0.15, 0.2) is 48.8 Å². The Balaban J connectivity index is 0. The van der Waals surface area contributed by atoms with Crippen LogP contribution in [0.2, 0.25) is 0 Å². The summed E-state index contributed by atoms with van der Waals surface area (Å²) >= 11 is 0. The van der Waals surface area contributed by atoms with E-state index in [4.69, 9.17) is 15.7 Å². The van der Waals surface area contributed by atoms with Gasteiger partial charge in [0.25, 0.3) is 0 Å². The van der Waals surface area contributed by atoms with Gasteiger partial charge in [-0.3, -0.25) is 0 Å². The van der Waals surface area contributed by atoms with Crippen LogP contribution in [0.4, 0.5) is 11.4 Å². The molecular formula is C29H45N2NiO. The molecule has 0 amide bonds. The van der Waals surface area contributed by atoms with Gasteiger partial charge in [-0.25, -0.2) is 0 Å². The van der Waals surface area contributed by atoms with Gasteiger partial charge in [-0.1, -0.05) is 114 Å². The molecule has 4 heteroatoms. The van der Waals surface area contributed by atoms with Gasteiger partial charge in [-0.05, 0) is 30.6 Å². The minimum Gasteiger partial charge on any atom is -0.665 e. The van der Waals surface area contributed by atoms with Crippen LogP contribution in [0, 0.1) is 7.43 Å². The molecule has 0 fully saturated rings. The second kappa shape index (κ2) is 16.8. The summed E-state index contributed by atoms with van der Waals surface area (Å²) in [5.74, 6) is 1.77. The Hall–Kier alpha value is -1.77. The Labute approximate surface area is 214 Å². The third-order valence-electron chi connectivity index (χ3n) is 5.16. The molecule has 0 aliphatic carbocycles. The maximum Gasteiger partial charge on any atom is 3.00 e. The van der Waals surface area contributed by atoms with Crippen molar-refractivity contribution in [3.8, 4) is 0 Å². The molecule has 2 rings (SSSR count). The fourth-order valence-electron chi connectivity index (χ4n) is 3.54. The molecule has 0 saturated carbocycles. The summed E-state index contributed by atoms with van der Waals surface area (Å²) in [5, 5.41) is 17.2. The maximum atomic E-state index is 7.57. The van der Waals surface area contributed by atoms with Gasteiger partial charge in [0.2, 0.25) is 0 Å². The zero-order valence-electron chi connectivity index (χ0n) is 22.3. The second-order valence-corrected chi connectivity index (χ2v) is 9.06. The Morgan fingerprint density at radius 2 is 0.848 bits per heavy atom. The van der Waals surface area contributed by atoms with Crippen molar-refractivity contribution in [1.29, 1.82) is 0 Å². The van der Waals surface area contributed by atoms with Crippen molar-refractivity contribution in [3.05, 3.63) is 89.1 Å². The Morgan fingerprint density at radius 3 is 1.03 bits per heavy atom. The zero-order chi connectivity index (χ0) is 23.6. The first-order valence-electron chi connectivity index (χ1n) is 11.6. The van der Waals surface area contributed by atoms with Crippen molar-refractivity contribution in [2.45, 2.75) is 86.0 Å². The minimum absolute atomic E-state index is 0. The predicted octanol–water partition coefficient (Wildman–Crippen LogP) is 9.81. The number of hydrogen-bond donors (Lipinski definition) is 1. The Morgan fingerprint density at radius 1 is 0.636 bits per heavy atom. The van der Waals surface area contributed by atoms with Gasteiger partial charge in [0, 0.05) is 6.61 Å². The van der Waals surface area contributed by atoms with E-state index < -0.39 is 0 Å². The van der Waals surface area contributed by atoms with Crippen LogP contribution in [-0.2, 0) is 16.5 Å². The molecule has 0 atom stereocenters. The van der Waals surface area contributed by atoms with Crippen LogP contribution in [-0.4, -0.2) is 11.7 Å². The molecule has 1 radical (unpaired) electrons. The molecular weight excluding hydrogens is 451 g/mol. The molecule has 0 heterocycles. The average Bonchev–Trinajstić information content (AvgIpc) is 2.71. The smallest absolute Gasteiger partial charge is 0.665 e. The summed E-state index contributed by atoms with van der Waals surface area (Å²) in [6.45, 7) is 19.7. The van der Waals surface area contributed by atoms with Gasteiger partial charge < -0.3 is 23.2 Å². The normalized spacial score (nSPS) is 10.7. The monoisotopic (exact) mass is 495 g/mol. The van der Waals surface area contributed by atoms with Gasteiger partial charge >= 0.3 is 16.5 Å². The van der Waals surface area contributed by atoms with Crippen molar-refractivity contribution >= 4 is 11.4 Å². The predicted molar refractivity (Wildman–Crippen MR) is 144 cm³/mol. The summed E-state index contributed by atoms with van der Waals surface area (Å²) in [5.41, 5.74) is 7.37. The molecule has 0 aliphatic heterocycles. The number of para-hydroxylation sites is 2. The quantitative estimate of drug-likeness (QED) is 0.287. The summed E-state index contributed by atoms with van der Waals surface area (Å²) in [6, 6.07) is 13.0. The molecule has 0 spiro atoms. The molecule has 2 aromatic carbocycles. The van der Waals surface area contributed by atoms with Crippen molar-refractivity contribution < 1.29 is 21.6 Å². The van der Waals surface area contributed by atoms with Crippen molar-refractivity contribution in [1.82, 2.24) is 0 Å². The average molecular weight is 496 g/mol. The van der Waals surface area contributed by atoms with Crippen LogP contribution in [0.5, 0.6) is 0 Å². The van der Waals surface area contributed by atoms with Crippen molar-refractivity contribution in [3.63, 3.8) is 0 Å². The molecule has 0 aromatic heterocycles. The van der Waals surface area contributed by atoms with Crippen LogP contribution < -0.4 is 0 Å². The topological polar surface area (TPSA) is 48.4 Å².